The van der Waals surface area contributed by atoms with Crippen LogP contribution >= 0.6 is 0 Å². The lowest BCUT2D eigenvalue weighted by Crippen LogP contribution is -2.25. The molecule has 0 amide bonds. The molecule has 9 aromatic rings. The van der Waals surface area contributed by atoms with Crippen molar-refractivity contribution in [3.8, 4) is 17.2 Å². The van der Waals surface area contributed by atoms with E-state index in [1.54, 1.807) is 6.07 Å². The molecular formula is C45H27N3O2. The Balaban J connectivity index is 1.19. The van der Waals surface area contributed by atoms with Crippen molar-refractivity contribution in [3.63, 3.8) is 0 Å². The van der Waals surface area contributed by atoms with E-state index in [1.807, 2.05) is 54.6 Å². The number of rotatable bonds is 4. The third kappa shape index (κ3) is 4.36. The smallest absolute Gasteiger partial charge is 0.146 e. The summed E-state index contributed by atoms with van der Waals surface area (Å²) in [7, 11) is 0. The van der Waals surface area contributed by atoms with Gasteiger partial charge in [-0.05, 0) is 69.9 Å². The van der Waals surface area contributed by atoms with Crippen molar-refractivity contribution in [2.24, 2.45) is 4.99 Å². The molecule has 2 aromatic heterocycles. The largest absolute Gasteiger partial charge is 0.456 e. The van der Waals surface area contributed by atoms with Crippen LogP contribution in [0.4, 0.5) is 0 Å². The molecule has 1 N–H and O–H groups in total. The number of para-hydroxylation sites is 1. The van der Waals surface area contributed by atoms with Crippen LogP contribution in [0.1, 0.15) is 28.4 Å². The van der Waals surface area contributed by atoms with Crippen LogP contribution in [0.5, 0.6) is 0 Å². The van der Waals surface area contributed by atoms with Crippen LogP contribution in [0.25, 0.3) is 71.5 Å². The van der Waals surface area contributed by atoms with E-state index in [1.165, 1.54) is 0 Å². The van der Waals surface area contributed by atoms with Crippen LogP contribution in [0, 0.1) is 11.3 Å². The summed E-state index contributed by atoms with van der Waals surface area (Å²) in [5.74, 6) is 0. The van der Waals surface area contributed by atoms with Crippen LogP contribution in [0.2, 0.25) is 0 Å². The van der Waals surface area contributed by atoms with Gasteiger partial charge in [0.25, 0.3) is 0 Å². The molecule has 10 rings (SSSR count). The third-order valence-electron chi connectivity index (χ3n) is 9.77. The predicted octanol–water partition coefficient (Wildman–Crippen LogP) is 11.3. The highest BCUT2D eigenvalue weighted by Gasteiger charge is 2.24. The van der Waals surface area contributed by atoms with E-state index in [0.29, 0.717) is 5.56 Å². The normalized spacial score (nSPS) is 14.6. The summed E-state index contributed by atoms with van der Waals surface area (Å²) in [5, 5.41) is 19.7. The molecule has 0 saturated carbocycles. The summed E-state index contributed by atoms with van der Waals surface area (Å²) in [5.41, 5.74) is 11.1. The van der Waals surface area contributed by atoms with E-state index < -0.39 is 0 Å². The van der Waals surface area contributed by atoms with Crippen LogP contribution in [0.15, 0.2) is 165 Å². The average Bonchev–Trinajstić information content (AvgIpc) is 3.76. The van der Waals surface area contributed by atoms with E-state index in [2.05, 4.69) is 102 Å². The molecule has 1 aliphatic rings. The van der Waals surface area contributed by atoms with Gasteiger partial charge in [-0.15, -0.1) is 0 Å². The number of fused-ring (bicyclic) bond motifs is 7. The molecule has 1 aliphatic heterocycles. The van der Waals surface area contributed by atoms with Crippen LogP contribution in [-0.2, 0) is 0 Å². The Labute approximate surface area is 287 Å². The first-order valence-electron chi connectivity index (χ1n) is 16.6. The minimum atomic E-state index is -0.353. The lowest BCUT2D eigenvalue weighted by atomic mass is 9.91. The zero-order valence-corrected chi connectivity index (χ0v) is 26.7. The topological polar surface area (TPSA) is 74.5 Å². The Kier molecular flexibility index (Phi) is 6.24. The first kappa shape index (κ1) is 28.1. The first-order valence-corrected chi connectivity index (χ1v) is 16.6. The molecule has 0 fully saturated rings. The summed E-state index contributed by atoms with van der Waals surface area (Å²) in [6.45, 7) is 0. The molecule has 3 heterocycles. The standard InChI is InChI=1S/C45H27N3O2/c46-26-27-22-23-40-36(24-27)43-33(17-8-20-41(43)50-40)31-15-6-14-30-29(31)13-7-16-32(30)38-25-37(28-10-2-1-3-11-28)47-45(48-38)35-18-9-21-42-44(35)34-12-4-5-19-39(34)49-42/h1-25,45,47H. The summed E-state index contributed by atoms with van der Waals surface area (Å²) >= 11 is 0. The van der Waals surface area contributed by atoms with E-state index in [9.17, 15) is 5.26 Å². The molecule has 0 saturated heterocycles. The number of benzene rings is 7. The number of aliphatic imine (C=N–C) groups is 1. The molecule has 7 aromatic carbocycles. The van der Waals surface area contributed by atoms with E-state index in [0.717, 1.165) is 93.9 Å². The van der Waals surface area contributed by atoms with Gasteiger partial charge in [0.05, 0.1) is 17.3 Å². The molecule has 1 unspecified atom stereocenters. The maximum atomic E-state index is 9.65. The van der Waals surface area contributed by atoms with Crippen LogP contribution in [0.3, 0.4) is 0 Å². The Morgan fingerprint density at radius 1 is 0.540 bits per heavy atom. The number of hydrogen-bond acceptors (Lipinski definition) is 5. The second-order valence-electron chi connectivity index (χ2n) is 12.6. The van der Waals surface area contributed by atoms with Gasteiger partial charge in [-0.2, -0.15) is 5.26 Å². The van der Waals surface area contributed by atoms with Crippen molar-refractivity contribution in [1.82, 2.24) is 5.32 Å². The molecule has 0 aliphatic carbocycles. The molecule has 0 radical (unpaired) electrons. The van der Waals surface area contributed by atoms with Gasteiger partial charge in [-0.3, -0.25) is 4.99 Å². The zero-order chi connectivity index (χ0) is 33.2. The van der Waals surface area contributed by atoms with Crippen molar-refractivity contribution in [1.29, 1.82) is 5.26 Å². The van der Waals surface area contributed by atoms with Crippen LogP contribution in [-0.4, -0.2) is 5.71 Å². The number of allylic oxidation sites excluding steroid dienone is 1. The van der Waals surface area contributed by atoms with Crippen molar-refractivity contribution >= 4 is 66.1 Å². The summed E-state index contributed by atoms with van der Waals surface area (Å²) < 4.78 is 12.5. The van der Waals surface area contributed by atoms with E-state index in [-0.39, 0.29) is 6.17 Å². The van der Waals surface area contributed by atoms with Crippen LogP contribution < -0.4 is 5.32 Å². The number of hydrogen-bond donors (Lipinski definition) is 1. The third-order valence-corrected chi connectivity index (χ3v) is 9.77. The van der Waals surface area contributed by atoms with Gasteiger partial charge < -0.3 is 14.2 Å². The Hall–Kier alpha value is -6.90. The fourth-order valence-electron chi connectivity index (χ4n) is 7.53. The number of nitrogens with zero attached hydrogens (tertiary/aromatic N) is 2. The molecule has 234 valence electrons. The van der Waals surface area contributed by atoms with E-state index >= 15 is 0 Å². The summed E-state index contributed by atoms with van der Waals surface area (Å²) in [6.07, 6.45) is 1.81. The Bertz CT molecular complexity index is 2920. The molecule has 5 nitrogen and oxygen atoms in total. The molecule has 5 heteroatoms. The maximum Gasteiger partial charge on any atom is 0.146 e. The lowest BCUT2D eigenvalue weighted by Gasteiger charge is -2.26. The number of nitrogens with one attached hydrogen (secondary N) is 1. The van der Waals surface area contributed by atoms with Crippen molar-refractivity contribution < 1.29 is 8.83 Å². The van der Waals surface area contributed by atoms with Gasteiger partial charge in [0.2, 0.25) is 0 Å². The monoisotopic (exact) mass is 641 g/mol. The van der Waals surface area contributed by atoms with E-state index in [4.69, 9.17) is 13.8 Å². The molecule has 50 heavy (non-hydrogen) atoms. The number of nitriles is 1. The predicted molar refractivity (Wildman–Crippen MR) is 202 cm³/mol. The zero-order valence-electron chi connectivity index (χ0n) is 26.7. The highest BCUT2D eigenvalue weighted by Crippen LogP contribution is 2.41. The highest BCUT2D eigenvalue weighted by molar-refractivity contribution is 6.22. The second-order valence-corrected chi connectivity index (χ2v) is 12.6. The first-order chi connectivity index (χ1) is 24.7. The Morgan fingerprint density at radius 3 is 2.02 bits per heavy atom. The maximum absolute atomic E-state index is 9.65. The average molecular weight is 642 g/mol. The minimum Gasteiger partial charge on any atom is -0.456 e. The molecule has 1 atom stereocenters. The Morgan fingerprint density at radius 2 is 1.18 bits per heavy atom. The van der Waals surface area contributed by atoms with Gasteiger partial charge in [-0.25, -0.2) is 0 Å². The van der Waals surface area contributed by atoms with Crippen molar-refractivity contribution in [3.05, 3.63) is 174 Å². The number of furan rings is 2. The van der Waals surface area contributed by atoms with Crippen molar-refractivity contribution in [2.75, 3.05) is 0 Å². The summed E-state index contributed by atoms with van der Waals surface area (Å²) in [6, 6.07) is 51.8. The molecule has 0 spiro atoms. The van der Waals surface area contributed by atoms with Gasteiger partial charge in [0, 0.05) is 38.4 Å². The fourth-order valence-corrected chi connectivity index (χ4v) is 7.53. The van der Waals surface area contributed by atoms with Crippen molar-refractivity contribution in [2.45, 2.75) is 6.17 Å². The van der Waals surface area contributed by atoms with Gasteiger partial charge in [-0.1, -0.05) is 109 Å². The SMILES string of the molecule is N#Cc1ccc2oc3cccc(-c4cccc5c(C6=NC(c7cccc8oc9ccccc9c78)NC(c7ccccc7)=C6)cccc45)c3c2c1. The molecule has 0 bridgehead atoms. The van der Waals surface area contributed by atoms with Gasteiger partial charge in [0.1, 0.15) is 28.5 Å². The highest BCUT2D eigenvalue weighted by atomic mass is 16.3. The second kappa shape index (κ2) is 11.1. The quantitative estimate of drug-likeness (QED) is 0.207. The minimum absolute atomic E-state index is 0.353. The fraction of sp³-hybridized carbons (Fsp3) is 0.0222. The van der Waals surface area contributed by atoms with Gasteiger partial charge >= 0.3 is 0 Å². The van der Waals surface area contributed by atoms with Gasteiger partial charge in [0.15, 0.2) is 0 Å². The summed E-state index contributed by atoms with van der Waals surface area (Å²) in [4.78, 5) is 5.43. The molecular weight excluding hydrogens is 615 g/mol. The lowest BCUT2D eigenvalue weighted by molar-refractivity contribution is 0.658.